The van der Waals surface area contributed by atoms with Crippen LogP contribution in [0.15, 0.2) is 134 Å². The first-order valence-electron chi connectivity index (χ1n) is 24.8. The van der Waals surface area contributed by atoms with Crippen molar-refractivity contribution in [1.29, 1.82) is 0 Å². The molecular formula is C57H61N3O13S. The number of benzene rings is 4. The summed E-state index contributed by atoms with van der Waals surface area (Å²) in [5, 5.41) is 6.22. The highest BCUT2D eigenvalue weighted by atomic mass is 32.1. The van der Waals surface area contributed by atoms with Crippen molar-refractivity contribution in [2.24, 2.45) is 28.8 Å². The van der Waals surface area contributed by atoms with Crippen LogP contribution in [0.2, 0.25) is 0 Å². The van der Waals surface area contributed by atoms with Gasteiger partial charge in [0.25, 0.3) is 5.91 Å². The molecule has 16 nitrogen and oxygen atoms in total. The van der Waals surface area contributed by atoms with Crippen molar-refractivity contribution in [2.75, 3.05) is 44.7 Å². The number of hydrogen-bond acceptors (Lipinski definition) is 16. The van der Waals surface area contributed by atoms with Gasteiger partial charge in [0.2, 0.25) is 5.13 Å². The topological polar surface area (TPSA) is 188 Å². The zero-order valence-corrected chi connectivity index (χ0v) is 42.1. The predicted octanol–water partition coefficient (Wildman–Crippen LogP) is 10.4. The molecule has 0 bridgehead atoms. The number of amides is 1. The second-order valence-electron chi connectivity index (χ2n) is 17.8. The van der Waals surface area contributed by atoms with Gasteiger partial charge in [-0.3, -0.25) is 14.4 Å². The Bertz CT molecular complexity index is 2710. The molecule has 7 rings (SSSR count). The maximum atomic E-state index is 13.2. The summed E-state index contributed by atoms with van der Waals surface area (Å²) in [5.41, 5.74) is 1.33. The van der Waals surface area contributed by atoms with Gasteiger partial charge in [0.15, 0.2) is 0 Å². The summed E-state index contributed by atoms with van der Waals surface area (Å²) in [6.45, 7) is 12.4. The lowest BCUT2D eigenvalue weighted by Crippen LogP contribution is -2.28. The van der Waals surface area contributed by atoms with Crippen LogP contribution in [0.1, 0.15) is 69.8 Å². The van der Waals surface area contributed by atoms with Gasteiger partial charge in [0.1, 0.15) is 34.5 Å². The highest BCUT2D eigenvalue weighted by Crippen LogP contribution is 2.35. The molecule has 2 aliphatic carbocycles. The molecular weight excluding hydrogens is 967 g/mol. The number of esters is 4. The lowest BCUT2D eigenvalue weighted by Gasteiger charge is -2.28. The van der Waals surface area contributed by atoms with Crippen LogP contribution in [0.3, 0.4) is 0 Å². The predicted molar refractivity (Wildman–Crippen MR) is 280 cm³/mol. The van der Waals surface area contributed by atoms with E-state index >= 15 is 0 Å². The number of carbonyl (C=O) groups excluding carboxylic acids is 5. The minimum absolute atomic E-state index is 0.185. The molecule has 1 aromatic heterocycles. The molecule has 0 radical (unpaired) electrons. The molecule has 0 N–H and O–H groups in total. The summed E-state index contributed by atoms with van der Waals surface area (Å²) in [4.78, 5) is 66.5. The Kier molecular flexibility index (Phi) is 20.3. The lowest BCUT2D eigenvalue weighted by atomic mass is 9.82. The van der Waals surface area contributed by atoms with E-state index in [4.69, 9.17) is 37.9 Å². The summed E-state index contributed by atoms with van der Waals surface area (Å²) in [6, 6.07) is 26.8. The second kappa shape index (κ2) is 27.9. The fourth-order valence-corrected chi connectivity index (χ4v) is 9.25. The van der Waals surface area contributed by atoms with Crippen LogP contribution >= 0.6 is 11.3 Å². The Labute approximate surface area is 434 Å². The van der Waals surface area contributed by atoms with E-state index in [9.17, 15) is 24.0 Å². The van der Waals surface area contributed by atoms with Crippen LogP contribution in [0.4, 0.5) is 5.13 Å². The highest BCUT2D eigenvalue weighted by molar-refractivity contribution is 7.22. The van der Waals surface area contributed by atoms with Crippen molar-refractivity contribution >= 4 is 62.7 Å². The number of anilines is 1. The van der Waals surface area contributed by atoms with E-state index in [1.165, 1.54) is 22.4 Å². The van der Waals surface area contributed by atoms with E-state index in [0.717, 1.165) is 48.1 Å². The molecule has 1 amide bonds. The van der Waals surface area contributed by atoms with E-state index in [1.807, 2.05) is 42.5 Å². The minimum Gasteiger partial charge on any atom is -0.493 e. The molecule has 0 saturated heterocycles. The number of ether oxygens (including phenoxy) is 8. The van der Waals surface area contributed by atoms with Gasteiger partial charge in [-0.1, -0.05) is 43.2 Å². The van der Waals surface area contributed by atoms with E-state index in [-0.39, 0.29) is 48.8 Å². The first-order valence-corrected chi connectivity index (χ1v) is 25.6. The number of rotatable bonds is 26. The van der Waals surface area contributed by atoms with Crippen molar-refractivity contribution in [3.05, 3.63) is 135 Å². The number of hydrazone groups is 1. The number of nitrogens with zero attached hydrogens (tertiary/aromatic N) is 3. The van der Waals surface area contributed by atoms with Gasteiger partial charge < -0.3 is 37.9 Å². The van der Waals surface area contributed by atoms with Gasteiger partial charge in [0, 0.05) is 30.6 Å². The number of thiazole rings is 1. The average Bonchev–Trinajstić information content (AvgIpc) is 3.87. The quantitative estimate of drug-likeness (QED) is 0.0127. The summed E-state index contributed by atoms with van der Waals surface area (Å²) >= 11 is 1.34. The summed E-state index contributed by atoms with van der Waals surface area (Å²) in [7, 11) is 0. The SMILES string of the molecule is C=CC(=O)OCCCOc1ccc(OC(=O)C2CCC(COc3ccc(OCC4CCC(C(=O)Oc5ccc(OCCCOC(=O)C=C)cc5)CC4)c(/C=N/N(C(=O)C=C)c4nc5ccccc5s4)c3)CC2)cc1. The van der Waals surface area contributed by atoms with Gasteiger partial charge >= 0.3 is 23.9 Å². The average molecular weight is 1030 g/mol. The molecule has 0 aliphatic heterocycles. The van der Waals surface area contributed by atoms with E-state index in [1.54, 1.807) is 54.7 Å². The number of fused-ring (bicyclic) bond motifs is 1. The van der Waals surface area contributed by atoms with Gasteiger partial charge in [0.05, 0.1) is 67.9 Å². The Morgan fingerprint density at radius 2 is 1.08 bits per heavy atom. The third-order valence-corrected chi connectivity index (χ3v) is 13.5. The number of aromatic nitrogens is 1. The van der Waals surface area contributed by atoms with E-state index < -0.39 is 17.8 Å². The first-order chi connectivity index (χ1) is 36.1. The Morgan fingerprint density at radius 1 is 0.581 bits per heavy atom. The highest BCUT2D eigenvalue weighted by Gasteiger charge is 2.30. The minimum atomic E-state index is -0.474. The van der Waals surface area contributed by atoms with Crippen LogP contribution in [0, 0.1) is 23.7 Å². The number of carbonyl (C=O) groups is 5. The van der Waals surface area contributed by atoms with Crippen LogP contribution < -0.4 is 33.4 Å². The van der Waals surface area contributed by atoms with Crippen molar-refractivity contribution in [1.82, 2.24) is 4.98 Å². The van der Waals surface area contributed by atoms with Crippen LogP contribution in [0.5, 0.6) is 34.5 Å². The third-order valence-electron chi connectivity index (χ3n) is 12.5. The summed E-state index contributed by atoms with van der Waals surface area (Å²) in [6.07, 6.45) is 11.8. The fourth-order valence-electron chi connectivity index (χ4n) is 8.33. The molecule has 4 aromatic carbocycles. The fraction of sp³-hybridized carbons (Fsp3) is 0.351. The van der Waals surface area contributed by atoms with Gasteiger partial charge in [-0.25, -0.2) is 14.6 Å². The first kappa shape index (κ1) is 54.0. The van der Waals surface area contributed by atoms with Gasteiger partial charge in [-0.15, -0.1) is 0 Å². The maximum absolute atomic E-state index is 13.2. The molecule has 2 aliphatic rings. The zero-order valence-electron chi connectivity index (χ0n) is 41.3. The van der Waals surface area contributed by atoms with Crippen LogP contribution in [0.25, 0.3) is 10.2 Å². The second-order valence-corrected chi connectivity index (χ2v) is 18.8. The maximum Gasteiger partial charge on any atom is 0.330 e. The summed E-state index contributed by atoms with van der Waals surface area (Å²) in [5.74, 6) is 1.22. The van der Waals surface area contributed by atoms with Crippen molar-refractivity contribution in [3.8, 4) is 34.5 Å². The Morgan fingerprint density at radius 3 is 1.59 bits per heavy atom. The van der Waals surface area contributed by atoms with E-state index in [2.05, 4.69) is 29.8 Å². The van der Waals surface area contributed by atoms with Gasteiger partial charge in [-0.05, 0) is 148 Å². The molecule has 1 heterocycles. The molecule has 2 saturated carbocycles. The van der Waals surface area contributed by atoms with Gasteiger partial charge in [-0.2, -0.15) is 10.1 Å². The van der Waals surface area contributed by atoms with Crippen molar-refractivity contribution in [2.45, 2.75) is 64.2 Å². The Hall–Kier alpha value is -7.79. The zero-order chi connectivity index (χ0) is 52.1. The normalized spacial score (nSPS) is 17.3. The largest absolute Gasteiger partial charge is 0.493 e. The summed E-state index contributed by atoms with van der Waals surface area (Å²) < 4.78 is 46.5. The van der Waals surface area contributed by atoms with Crippen molar-refractivity contribution in [3.63, 3.8) is 0 Å². The molecule has 0 unspecified atom stereocenters. The molecule has 0 atom stereocenters. The van der Waals surface area contributed by atoms with Crippen LogP contribution in [-0.4, -0.2) is 80.6 Å². The molecule has 74 heavy (non-hydrogen) atoms. The monoisotopic (exact) mass is 1030 g/mol. The lowest BCUT2D eigenvalue weighted by molar-refractivity contribution is -0.141. The Balaban J connectivity index is 0.908. The molecule has 2 fully saturated rings. The molecule has 0 spiro atoms. The third kappa shape index (κ3) is 16.4. The smallest absolute Gasteiger partial charge is 0.330 e. The number of para-hydroxylation sites is 1. The molecule has 17 heteroatoms. The van der Waals surface area contributed by atoms with Crippen LogP contribution in [-0.2, 0) is 33.4 Å². The molecule has 388 valence electrons. The van der Waals surface area contributed by atoms with E-state index in [0.29, 0.717) is 110 Å². The van der Waals surface area contributed by atoms with Crippen molar-refractivity contribution < 1.29 is 61.9 Å². The molecule has 5 aromatic rings. The standard InChI is InChI=1S/C57H61N3O13S/c1-4-52(61)60(57-59-49-11-7-8-12-51(49)74-57)58-36-43-35-48(70-37-39-13-17-41(18-14-39)55(64)72-46-25-21-44(22-26-46)66-31-9-33-68-53(62)5-2)29-30-50(43)71-38-40-15-19-42(20-16-40)56(65)73-47-27-23-45(24-28-47)67-32-10-34-69-54(63)6-3/h4-8,11-12,21-30,35-36,39-42H,1-3,9-10,13-20,31-34,37-38H2/b58-36+. The number of hydrogen-bond donors (Lipinski definition) is 0.